The first-order valence-electron chi connectivity index (χ1n) is 11.6. The summed E-state index contributed by atoms with van der Waals surface area (Å²) >= 11 is 0. The molecule has 0 bridgehead atoms. The third kappa shape index (κ3) is 4.86. The molecule has 3 N–H and O–H groups in total. The summed E-state index contributed by atoms with van der Waals surface area (Å²) in [5.74, 6) is -0.643. The van der Waals surface area contributed by atoms with E-state index in [0.29, 0.717) is 41.1 Å². The van der Waals surface area contributed by atoms with Crippen molar-refractivity contribution in [2.24, 2.45) is 0 Å². The Morgan fingerprint density at radius 3 is 2.78 bits per heavy atom. The quantitative estimate of drug-likeness (QED) is 0.457. The minimum absolute atomic E-state index is 0. The van der Waals surface area contributed by atoms with Crippen molar-refractivity contribution in [1.82, 2.24) is 24.8 Å². The molecular weight excluding hydrogens is 489 g/mol. The molecule has 2 aliphatic rings. The van der Waals surface area contributed by atoms with E-state index in [0.717, 1.165) is 18.8 Å². The number of aliphatic hydroxyl groups is 1. The van der Waals surface area contributed by atoms with Gasteiger partial charge in [-0.25, -0.2) is 13.9 Å². The minimum atomic E-state index is -1.59. The van der Waals surface area contributed by atoms with Crippen molar-refractivity contribution >= 4 is 41.2 Å². The maximum Gasteiger partial charge on any atom is 0.261 e. The van der Waals surface area contributed by atoms with E-state index in [1.807, 2.05) is 0 Å². The molecule has 3 aromatic rings. The molecule has 10 nitrogen and oxygen atoms in total. The highest BCUT2D eigenvalue weighted by molar-refractivity contribution is 6.10. The highest BCUT2D eigenvalue weighted by Crippen LogP contribution is 2.35. The molecule has 12 heteroatoms. The van der Waals surface area contributed by atoms with E-state index in [4.69, 9.17) is 0 Å². The number of benzene rings is 1. The van der Waals surface area contributed by atoms with E-state index in [1.165, 1.54) is 29.5 Å². The molecule has 4 heterocycles. The van der Waals surface area contributed by atoms with Crippen LogP contribution in [0.5, 0.6) is 0 Å². The molecule has 1 fully saturated rings. The standard InChI is InChI=1S/C24H28FN7O3.ClH/c1-24(2,35)20(25)14-31-13-15-10-18(19(11-16(15)23(31)34)30-8-5-26-6-9-30)29-22(33)17-12-28-32-7-3-4-27-21(17)32;/h3-4,7,10-12,20,26,35H,5-6,8-9,13-14H2,1-2H3,(H,29,33);1H. The number of piperazine rings is 1. The first-order chi connectivity index (χ1) is 16.7. The third-order valence-corrected chi connectivity index (χ3v) is 6.48. The van der Waals surface area contributed by atoms with E-state index in [9.17, 15) is 19.1 Å². The average molecular weight is 518 g/mol. The predicted octanol–water partition coefficient (Wildman–Crippen LogP) is 1.88. The molecule has 0 spiro atoms. The van der Waals surface area contributed by atoms with Gasteiger partial charge < -0.3 is 25.5 Å². The molecule has 0 saturated carbocycles. The Hall–Kier alpha value is -3.28. The Kier molecular flexibility index (Phi) is 7.17. The zero-order valence-corrected chi connectivity index (χ0v) is 20.9. The van der Waals surface area contributed by atoms with Gasteiger partial charge in [0.15, 0.2) is 5.65 Å². The molecule has 1 saturated heterocycles. The first kappa shape index (κ1) is 25.8. The van der Waals surface area contributed by atoms with Crippen LogP contribution in [-0.2, 0) is 6.54 Å². The van der Waals surface area contributed by atoms with Crippen molar-refractivity contribution in [1.29, 1.82) is 0 Å². The van der Waals surface area contributed by atoms with E-state index in [-0.39, 0.29) is 37.3 Å². The monoisotopic (exact) mass is 517 g/mol. The fourth-order valence-corrected chi connectivity index (χ4v) is 4.42. The molecule has 2 aliphatic heterocycles. The summed E-state index contributed by atoms with van der Waals surface area (Å²) in [6.07, 6.45) is 3.20. The Morgan fingerprint density at radius 1 is 1.31 bits per heavy atom. The van der Waals surface area contributed by atoms with Crippen molar-refractivity contribution < 1.29 is 19.1 Å². The van der Waals surface area contributed by atoms with Crippen LogP contribution in [0.2, 0.25) is 0 Å². The highest BCUT2D eigenvalue weighted by atomic mass is 35.5. The molecule has 192 valence electrons. The summed E-state index contributed by atoms with van der Waals surface area (Å²) in [5, 5.41) is 20.5. The molecule has 2 amide bonds. The first-order valence-corrected chi connectivity index (χ1v) is 11.6. The fourth-order valence-electron chi connectivity index (χ4n) is 4.42. The van der Waals surface area contributed by atoms with Crippen molar-refractivity contribution in [3.63, 3.8) is 0 Å². The van der Waals surface area contributed by atoms with E-state index in [2.05, 4.69) is 25.6 Å². The number of hydrogen-bond donors (Lipinski definition) is 3. The summed E-state index contributed by atoms with van der Waals surface area (Å²) < 4.78 is 16.1. The molecule has 2 aromatic heterocycles. The fraction of sp³-hybridized carbons (Fsp3) is 0.417. The van der Waals surface area contributed by atoms with Gasteiger partial charge in [0.05, 0.1) is 29.7 Å². The number of aromatic nitrogens is 3. The lowest BCUT2D eigenvalue weighted by Gasteiger charge is -2.31. The van der Waals surface area contributed by atoms with Gasteiger partial charge in [0.25, 0.3) is 11.8 Å². The number of nitrogens with one attached hydrogen (secondary N) is 2. The number of alkyl halides is 1. The number of rotatable bonds is 6. The van der Waals surface area contributed by atoms with Gasteiger partial charge in [-0.1, -0.05) is 0 Å². The maximum atomic E-state index is 14.5. The second-order valence-corrected chi connectivity index (χ2v) is 9.47. The van der Waals surface area contributed by atoms with E-state index < -0.39 is 11.8 Å². The van der Waals surface area contributed by atoms with E-state index >= 15 is 0 Å². The van der Waals surface area contributed by atoms with Crippen molar-refractivity contribution in [3.05, 3.63) is 53.5 Å². The summed E-state index contributed by atoms with van der Waals surface area (Å²) in [6, 6.07) is 5.30. The van der Waals surface area contributed by atoms with Crippen LogP contribution in [0.25, 0.3) is 5.65 Å². The Bertz CT molecular complexity index is 1290. The Labute approximate surface area is 213 Å². The molecule has 0 radical (unpaired) electrons. The molecule has 36 heavy (non-hydrogen) atoms. The lowest BCUT2D eigenvalue weighted by Crippen LogP contribution is -2.44. The largest absolute Gasteiger partial charge is 0.387 e. The Balaban J connectivity index is 0.00000304. The van der Waals surface area contributed by atoms with Crippen LogP contribution in [0.1, 0.15) is 40.1 Å². The average Bonchev–Trinajstić information content (AvgIpc) is 3.40. The maximum absolute atomic E-state index is 14.5. The third-order valence-electron chi connectivity index (χ3n) is 6.48. The SMILES string of the molecule is CC(C)(O)C(F)CN1Cc2cc(NC(=O)c3cnn4cccnc34)c(N3CCNCC3)cc2C1=O.Cl. The summed E-state index contributed by atoms with van der Waals surface area (Å²) in [6.45, 7) is 5.73. The van der Waals surface area contributed by atoms with Gasteiger partial charge in [0, 0.05) is 50.7 Å². The van der Waals surface area contributed by atoms with E-state index in [1.54, 1.807) is 30.6 Å². The van der Waals surface area contributed by atoms with Crippen molar-refractivity contribution in [2.45, 2.75) is 32.2 Å². The van der Waals surface area contributed by atoms with Gasteiger partial charge in [-0.2, -0.15) is 5.10 Å². The number of hydrogen-bond acceptors (Lipinski definition) is 7. The van der Waals surface area contributed by atoms with Gasteiger partial charge in [0.1, 0.15) is 11.7 Å². The molecule has 5 rings (SSSR count). The minimum Gasteiger partial charge on any atom is -0.387 e. The number of carbonyl (C=O) groups excluding carboxylic acids is 2. The molecule has 1 unspecified atom stereocenters. The lowest BCUT2D eigenvalue weighted by atomic mass is 10.0. The molecule has 1 atom stereocenters. The van der Waals surface area contributed by atoms with Crippen LogP contribution in [0.3, 0.4) is 0 Å². The molecule has 1 aromatic carbocycles. The summed E-state index contributed by atoms with van der Waals surface area (Å²) in [4.78, 5) is 34.1. The van der Waals surface area contributed by atoms with Gasteiger partial charge >= 0.3 is 0 Å². The van der Waals surface area contributed by atoms with Gasteiger partial charge in [0.2, 0.25) is 0 Å². The molecule has 0 aliphatic carbocycles. The van der Waals surface area contributed by atoms with Crippen LogP contribution < -0.4 is 15.5 Å². The number of amides is 2. The smallest absolute Gasteiger partial charge is 0.261 e. The second-order valence-electron chi connectivity index (χ2n) is 9.47. The number of carbonyl (C=O) groups is 2. The number of nitrogens with zero attached hydrogens (tertiary/aromatic N) is 5. The normalized spacial score (nSPS) is 16.6. The topological polar surface area (TPSA) is 115 Å². The zero-order chi connectivity index (χ0) is 24.7. The van der Waals surface area contributed by atoms with Gasteiger partial charge in [-0.15, -0.1) is 12.4 Å². The summed E-state index contributed by atoms with van der Waals surface area (Å²) in [5.41, 5.74) is 1.71. The molecular formula is C24H29ClFN7O3. The van der Waals surface area contributed by atoms with Crippen LogP contribution in [-0.4, -0.2) is 80.9 Å². The zero-order valence-electron chi connectivity index (χ0n) is 20.1. The second kappa shape index (κ2) is 10.00. The summed E-state index contributed by atoms with van der Waals surface area (Å²) in [7, 11) is 0. The van der Waals surface area contributed by atoms with Crippen molar-refractivity contribution in [3.8, 4) is 0 Å². The number of anilines is 2. The van der Waals surface area contributed by atoms with Crippen LogP contribution >= 0.6 is 12.4 Å². The van der Waals surface area contributed by atoms with Crippen LogP contribution in [0, 0.1) is 0 Å². The lowest BCUT2D eigenvalue weighted by molar-refractivity contribution is -0.0159. The number of halogens is 2. The van der Waals surface area contributed by atoms with Gasteiger partial charge in [-0.3, -0.25) is 9.59 Å². The predicted molar refractivity (Wildman–Crippen MR) is 136 cm³/mol. The van der Waals surface area contributed by atoms with Crippen LogP contribution in [0.15, 0.2) is 36.8 Å². The van der Waals surface area contributed by atoms with Crippen molar-refractivity contribution in [2.75, 3.05) is 42.9 Å². The highest BCUT2D eigenvalue weighted by Gasteiger charge is 2.35. The number of fused-ring (bicyclic) bond motifs is 2. The Morgan fingerprint density at radius 2 is 2.06 bits per heavy atom. The van der Waals surface area contributed by atoms with Crippen LogP contribution in [0.4, 0.5) is 15.8 Å². The van der Waals surface area contributed by atoms with Gasteiger partial charge in [-0.05, 0) is 37.6 Å².